The van der Waals surface area contributed by atoms with Crippen LogP contribution in [0.3, 0.4) is 0 Å². The van der Waals surface area contributed by atoms with Gasteiger partial charge in [0.15, 0.2) is 21.6 Å². The van der Waals surface area contributed by atoms with Gasteiger partial charge in [0.2, 0.25) is 11.0 Å². The Kier molecular flexibility index (Phi) is 8.85. The van der Waals surface area contributed by atoms with Crippen LogP contribution in [0.5, 0.6) is 17.2 Å². The minimum Gasteiger partial charge on any atom is -0.495 e. The monoisotopic (exact) mass is 632 g/mol. The zero-order valence-electron chi connectivity index (χ0n) is 25.0. The van der Waals surface area contributed by atoms with E-state index in [4.69, 9.17) is 19.9 Å². The molecule has 1 unspecified atom stereocenters. The van der Waals surface area contributed by atoms with E-state index in [9.17, 15) is 14.9 Å². The van der Waals surface area contributed by atoms with Gasteiger partial charge in [0, 0.05) is 17.7 Å². The molecule has 0 radical (unpaired) electrons. The molecule has 1 aliphatic heterocycles. The number of nitriles is 1. The minimum absolute atomic E-state index is 0.0617. The number of Topliss-reactive ketones (excluding diaryl/α,β-unsaturated/α-hetero) is 1. The molecule has 2 heterocycles. The number of allylic oxidation sites excluding steroid dienone is 3. The fraction of sp³-hybridized carbons (Fsp3) is 0.323. The Morgan fingerprint density at radius 3 is 2.55 bits per heavy atom. The fourth-order valence-corrected chi connectivity index (χ4v) is 7.19. The molecule has 0 bridgehead atoms. The number of carbonyl (C=O) groups is 2. The predicted octanol–water partition coefficient (Wildman–Crippen LogP) is 5.24. The summed E-state index contributed by atoms with van der Waals surface area (Å²) in [6.45, 7) is 4.05. The maximum Gasteiger partial charge on any atom is 0.234 e. The number of ketones is 1. The number of hydrogen-bond acceptors (Lipinski definition) is 12. The lowest BCUT2D eigenvalue weighted by molar-refractivity contribution is -0.118. The number of anilines is 2. The van der Waals surface area contributed by atoms with Gasteiger partial charge in [-0.05, 0) is 41.7 Å². The maximum absolute atomic E-state index is 13.8. The molecule has 44 heavy (non-hydrogen) atoms. The quantitative estimate of drug-likeness (QED) is 0.298. The van der Waals surface area contributed by atoms with Crippen molar-refractivity contribution >= 4 is 45.6 Å². The van der Waals surface area contributed by atoms with Crippen molar-refractivity contribution in [2.24, 2.45) is 11.1 Å². The summed E-state index contributed by atoms with van der Waals surface area (Å²) in [6, 6.07) is 14.8. The van der Waals surface area contributed by atoms with Crippen molar-refractivity contribution in [3.05, 3.63) is 70.7 Å². The van der Waals surface area contributed by atoms with Crippen molar-refractivity contribution in [1.82, 2.24) is 10.2 Å². The molecule has 3 N–H and O–H groups in total. The number of nitrogens with two attached hydrogens (primary N) is 1. The number of carbonyl (C=O) groups excluding carboxylic acids is 2. The Bertz CT molecular complexity index is 1720. The van der Waals surface area contributed by atoms with Crippen LogP contribution >= 0.6 is 23.1 Å². The molecule has 5 rings (SSSR count). The molecule has 0 fully saturated rings. The van der Waals surface area contributed by atoms with E-state index < -0.39 is 5.92 Å². The summed E-state index contributed by atoms with van der Waals surface area (Å²) in [5, 5.41) is 22.3. The van der Waals surface area contributed by atoms with Crippen LogP contribution in [0.2, 0.25) is 0 Å². The third-order valence-electron chi connectivity index (χ3n) is 7.42. The third kappa shape index (κ3) is 5.95. The largest absolute Gasteiger partial charge is 0.495 e. The highest BCUT2D eigenvalue weighted by molar-refractivity contribution is 8.01. The predicted molar refractivity (Wildman–Crippen MR) is 169 cm³/mol. The first-order valence-electron chi connectivity index (χ1n) is 13.7. The highest BCUT2D eigenvalue weighted by Gasteiger charge is 2.45. The van der Waals surface area contributed by atoms with Gasteiger partial charge in [0.1, 0.15) is 11.6 Å². The number of hydrogen-bond donors (Lipinski definition) is 2. The van der Waals surface area contributed by atoms with Gasteiger partial charge in [0.05, 0.1) is 50.3 Å². The third-order valence-corrected chi connectivity index (χ3v) is 9.46. The minimum atomic E-state index is -0.685. The number of ether oxygens (including phenoxy) is 3. The average Bonchev–Trinajstić information content (AvgIpc) is 3.47. The van der Waals surface area contributed by atoms with Crippen molar-refractivity contribution in [3.8, 4) is 23.3 Å². The van der Waals surface area contributed by atoms with Gasteiger partial charge in [-0.1, -0.05) is 55.1 Å². The molecule has 0 saturated carbocycles. The smallest absolute Gasteiger partial charge is 0.234 e. The van der Waals surface area contributed by atoms with Crippen molar-refractivity contribution < 1.29 is 23.8 Å². The zero-order chi connectivity index (χ0) is 31.6. The fourth-order valence-electron chi connectivity index (χ4n) is 5.51. The SMILES string of the molecule is COc1ccccc1NC(=O)CSc1nnc(N2C(N)=C(C#N)C(c3ccc(OC)c(OC)c3)C3=C2CC(C)(C)CC3=O)s1. The highest BCUT2D eigenvalue weighted by atomic mass is 32.2. The topological polar surface area (TPSA) is 153 Å². The van der Waals surface area contributed by atoms with Crippen LogP contribution in [0.25, 0.3) is 0 Å². The summed E-state index contributed by atoms with van der Waals surface area (Å²) >= 11 is 2.46. The second kappa shape index (κ2) is 12.6. The van der Waals surface area contributed by atoms with Crippen LogP contribution in [-0.4, -0.2) is 49.0 Å². The van der Waals surface area contributed by atoms with E-state index in [2.05, 4.69) is 21.6 Å². The van der Waals surface area contributed by atoms with E-state index >= 15 is 0 Å². The molecular formula is C31H32N6O5S2. The molecule has 2 aromatic carbocycles. The van der Waals surface area contributed by atoms with Gasteiger partial charge in [-0.25, -0.2) is 0 Å². The lowest BCUT2D eigenvalue weighted by atomic mass is 9.68. The molecule has 3 aromatic rings. The summed E-state index contributed by atoms with van der Waals surface area (Å²) in [6.07, 6.45) is 0.848. The van der Waals surface area contributed by atoms with E-state index in [-0.39, 0.29) is 34.3 Å². The van der Waals surface area contributed by atoms with Crippen molar-refractivity contribution in [2.75, 3.05) is 37.3 Å². The van der Waals surface area contributed by atoms with Crippen molar-refractivity contribution in [1.29, 1.82) is 5.26 Å². The molecule has 13 heteroatoms. The number of benzene rings is 2. The second-order valence-corrected chi connectivity index (χ2v) is 13.2. The van der Waals surface area contributed by atoms with Gasteiger partial charge in [-0.15, -0.1) is 10.2 Å². The zero-order valence-corrected chi connectivity index (χ0v) is 26.6. The Labute approximate surface area is 263 Å². The Morgan fingerprint density at radius 1 is 1.11 bits per heavy atom. The molecule has 11 nitrogen and oxygen atoms in total. The van der Waals surface area contributed by atoms with Gasteiger partial charge in [-0.3, -0.25) is 14.5 Å². The number of rotatable bonds is 9. The van der Waals surface area contributed by atoms with E-state index in [1.54, 1.807) is 43.4 Å². The van der Waals surface area contributed by atoms with E-state index in [0.717, 1.165) is 0 Å². The van der Waals surface area contributed by atoms with Crippen LogP contribution in [0, 0.1) is 16.7 Å². The van der Waals surface area contributed by atoms with Crippen LogP contribution in [-0.2, 0) is 9.59 Å². The summed E-state index contributed by atoms with van der Waals surface area (Å²) < 4.78 is 16.8. The second-order valence-electron chi connectivity index (χ2n) is 11.0. The average molecular weight is 633 g/mol. The Balaban J connectivity index is 1.48. The standard InChI is InChI=1S/C31H32N6O5S2/c1-31(2)13-20-27(21(38)14-31)26(17-10-11-23(41-4)24(12-17)42-5)18(15-32)28(33)37(20)29-35-36-30(44-29)43-16-25(39)34-19-8-6-7-9-22(19)40-3/h6-12,26H,13-14,16,33H2,1-5H3,(H,34,39). The van der Waals surface area contributed by atoms with Crippen LogP contribution in [0.1, 0.15) is 38.2 Å². The Hall–Kier alpha value is -4.54. The lowest BCUT2D eigenvalue weighted by Gasteiger charge is -2.42. The summed E-state index contributed by atoms with van der Waals surface area (Å²) in [4.78, 5) is 28.2. The van der Waals surface area contributed by atoms with Gasteiger partial charge in [-0.2, -0.15) is 5.26 Å². The molecule has 2 aliphatic rings. The normalized spacial score (nSPS) is 17.6. The van der Waals surface area contributed by atoms with Crippen LogP contribution in [0.15, 0.2) is 69.5 Å². The number of thioether (sulfide) groups is 1. The summed E-state index contributed by atoms with van der Waals surface area (Å²) in [5.74, 6) is 0.858. The highest BCUT2D eigenvalue weighted by Crippen LogP contribution is 2.51. The molecule has 1 aliphatic carbocycles. The van der Waals surface area contributed by atoms with Gasteiger partial charge >= 0.3 is 0 Å². The summed E-state index contributed by atoms with van der Waals surface area (Å²) in [5.41, 5.74) is 9.07. The molecular weight excluding hydrogens is 601 g/mol. The van der Waals surface area contributed by atoms with Crippen molar-refractivity contribution in [3.63, 3.8) is 0 Å². The van der Waals surface area contributed by atoms with E-state index in [1.807, 2.05) is 32.0 Å². The Morgan fingerprint density at radius 2 is 1.84 bits per heavy atom. The maximum atomic E-state index is 13.8. The number of para-hydroxylation sites is 2. The van der Waals surface area contributed by atoms with E-state index in [0.29, 0.717) is 62.1 Å². The number of nitrogens with zero attached hydrogens (tertiary/aromatic N) is 4. The van der Waals surface area contributed by atoms with Crippen LogP contribution in [0.4, 0.5) is 10.8 Å². The molecule has 0 spiro atoms. The van der Waals surface area contributed by atoms with Gasteiger partial charge in [0.25, 0.3) is 0 Å². The van der Waals surface area contributed by atoms with E-state index in [1.165, 1.54) is 30.2 Å². The number of amides is 1. The van der Waals surface area contributed by atoms with Crippen molar-refractivity contribution in [2.45, 2.75) is 36.9 Å². The lowest BCUT2D eigenvalue weighted by Crippen LogP contribution is -2.42. The number of aromatic nitrogens is 2. The molecule has 1 atom stereocenters. The van der Waals surface area contributed by atoms with Crippen LogP contribution < -0.4 is 30.2 Å². The first-order chi connectivity index (χ1) is 21.1. The molecule has 1 aromatic heterocycles. The first-order valence-corrected chi connectivity index (χ1v) is 15.5. The summed E-state index contributed by atoms with van der Waals surface area (Å²) in [7, 11) is 4.62. The first kappa shape index (κ1) is 30.9. The molecule has 228 valence electrons. The number of nitrogens with one attached hydrogen (secondary N) is 1. The molecule has 1 amide bonds. The van der Waals surface area contributed by atoms with Gasteiger partial charge < -0.3 is 25.3 Å². The number of methoxy groups -OCH3 is 3. The molecule has 0 saturated heterocycles.